The summed E-state index contributed by atoms with van der Waals surface area (Å²) in [5.41, 5.74) is 1.44. The van der Waals surface area contributed by atoms with Crippen LogP contribution in [0, 0.1) is 0 Å². The van der Waals surface area contributed by atoms with Crippen molar-refractivity contribution in [2.45, 2.75) is 11.4 Å². The highest BCUT2D eigenvalue weighted by Gasteiger charge is 2.18. The van der Waals surface area contributed by atoms with Gasteiger partial charge in [0.2, 0.25) is 0 Å². The summed E-state index contributed by atoms with van der Waals surface area (Å²) in [5, 5.41) is 4.54. The van der Waals surface area contributed by atoms with Gasteiger partial charge in [-0.3, -0.25) is 9.40 Å². The van der Waals surface area contributed by atoms with E-state index in [9.17, 15) is 8.42 Å². The Balaban J connectivity index is 1.79. The van der Waals surface area contributed by atoms with Crippen LogP contribution in [0.15, 0.2) is 65.8 Å². The fourth-order valence-corrected chi connectivity index (χ4v) is 3.97. The molecule has 0 fully saturated rings. The zero-order valence-corrected chi connectivity index (χ0v) is 14.7. The van der Waals surface area contributed by atoms with Crippen molar-refractivity contribution in [3.63, 3.8) is 0 Å². The molecule has 0 saturated heterocycles. The maximum Gasteiger partial charge on any atom is 0.263 e. The Labute approximate surface area is 149 Å². The Bertz CT molecular complexity index is 940. The lowest BCUT2D eigenvalue weighted by molar-refractivity contribution is 0.601. The summed E-state index contributed by atoms with van der Waals surface area (Å²) in [6.07, 6.45) is 3.56. The van der Waals surface area contributed by atoms with Crippen molar-refractivity contribution in [1.29, 1.82) is 0 Å². The zero-order chi connectivity index (χ0) is 17.2. The Morgan fingerprint density at radius 2 is 1.83 bits per heavy atom. The molecule has 0 saturated carbocycles. The van der Waals surface area contributed by atoms with Gasteiger partial charge in [0.05, 0.1) is 11.6 Å². The van der Waals surface area contributed by atoms with Gasteiger partial charge in [-0.1, -0.05) is 35.3 Å². The molecule has 0 radical (unpaired) electrons. The van der Waals surface area contributed by atoms with Crippen LogP contribution in [-0.2, 0) is 16.6 Å². The van der Waals surface area contributed by atoms with E-state index in [0.717, 1.165) is 5.56 Å². The standard InChI is InChI=1S/C16H13Cl2N3O2S/c17-13-4-7-15(18)16(10-13)24(22,23)20-14-5-2-12(3-6-14)11-21-9-1-8-19-21/h1-10,20H,11H2. The first-order valence-electron chi connectivity index (χ1n) is 6.98. The van der Waals surface area contributed by atoms with Crippen molar-refractivity contribution < 1.29 is 8.42 Å². The second-order valence-corrected chi connectivity index (χ2v) is 7.58. The molecule has 0 spiro atoms. The number of anilines is 1. The lowest BCUT2D eigenvalue weighted by atomic mass is 10.2. The number of nitrogens with one attached hydrogen (secondary N) is 1. The highest BCUT2D eigenvalue weighted by molar-refractivity contribution is 7.92. The molecule has 5 nitrogen and oxygen atoms in total. The van der Waals surface area contributed by atoms with E-state index in [1.807, 2.05) is 24.4 Å². The molecular formula is C16H13Cl2N3O2S. The third-order valence-electron chi connectivity index (χ3n) is 3.29. The average Bonchev–Trinajstić information content (AvgIpc) is 3.04. The summed E-state index contributed by atoms with van der Waals surface area (Å²) < 4.78 is 29.2. The molecule has 3 aromatic rings. The van der Waals surface area contributed by atoms with Crippen molar-refractivity contribution in [3.8, 4) is 0 Å². The third-order valence-corrected chi connectivity index (χ3v) is 5.39. The minimum absolute atomic E-state index is 0.0581. The van der Waals surface area contributed by atoms with Gasteiger partial charge < -0.3 is 0 Å². The first-order chi connectivity index (χ1) is 11.4. The number of halogens is 2. The van der Waals surface area contributed by atoms with E-state index in [0.29, 0.717) is 17.3 Å². The summed E-state index contributed by atoms with van der Waals surface area (Å²) in [6, 6.07) is 13.2. The highest BCUT2D eigenvalue weighted by Crippen LogP contribution is 2.26. The summed E-state index contributed by atoms with van der Waals surface area (Å²) in [6.45, 7) is 0.611. The van der Waals surface area contributed by atoms with Gasteiger partial charge in [0.15, 0.2) is 0 Å². The number of hydrogen-bond acceptors (Lipinski definition) is 3. The molecule has 0 aliphatic carbocycles. The Kier molecular flexibility index (Phi) is 4.80. The molecule has 1 aromatic heterocycles. The molecule has 124 valence electrons. The van der Waals surface area contributed by atoms with Gasteiger partial charge in [-0.25, -0.2) is 8.42 Å². The molecule has 0 unspecified atom stereocenters. The van der Waals surface area contributed by atoms with Gasteiger partial charge in [0.25, 0.3) is 10.0 Å². The van der Waals surface area contributed by atoms with E-state index in [1.54, 1.807) is 23.0 Å². The minimum Gasteiger partial charge on any atom is -0.280 e. The number of hydrogen-bond donors (Lipinski definition) is 1. The monoisotopic (exact) mass is 381 g/mol. The number of rotatable bonds is 5. The molecule has 1 heterocycles. The molecule has 8 heteroatoms. The van der Waals surface area contributed by atoms with Crippen molar-refractivity contribution in [3.05, 3.63) is 76.5 Å². The first kappa shape index (κ1) is 16.8. The summed E-state index contributed by atoms with van der Waals surface area (Å²) >= 11 is 11.8. The molecular weight excluding hydrogens is 369 g/mol. The molecule has 3 rings (SSSR count). The topological polar surface area (TPSA) is 64.0 Å². The third kappa shape index (κ3) is 3.90. The molecule has 0 atom stereocenters. The van der Waals surface area contributed by atoms with Crippen molar-refractivity contribution in [2.75, 3.05) is 4.72 Å². The van der Waals surface area contributed by atoms with Crippen LogP contribution in [0.5, 0.6) is 0 Å². The van der Waals surface area contributed by atoms with E-state index in [-0.39, 0.29) is 9.92 Å². The number of nitrogens with zero attached hydrogens (tertiary/aromatic N) is 2. The molecule has 24 heavy (non-hydrogen) atoms. The minimum atomic E-state index is -3.81. The Morgan fingerprint density at radius 3 is 2.50 bits per heavy atom. The predicted molar refractivity (Wildman–Crippen MR) is 95.0 cm³/mol. The van der Waals surface area contributed by atoms with Gasteiger partial charge in [-0.15, -0.1) is 0 Å². The highest BCUT2D eigenvalue weighted by atomic mass is 35.5. The summed E-state index contributed by atoms with van der Waals surface area (Å²) in [5.74, 6) is 0. The quantitative estimate of drug-likeness (QED) is 0.725. The lowest BCUT2D eigenvalue weighted by Gasteiger charge is -2.10. The van der Waals surface area contributed by atoms with Crippen LogP contribution in [-0.4, -0.2) is 18.2 Å². The summed E-state index contributed by atoms with van der Waals surface area (Å²) in [7, 11) is -3.81. The van der Waals surface area contributed by atoms with Crippen LogP contribution in [0.25, 0.3) is 0 Å². The molecule has 0 aliphatic heterocycles. The van der Waals surface area contributed by atoms with E-state index in [4.69, 9.17) is 23.2 Å². The molecule has 1 N–H and O–H groups in total. The van der Waals surface area contributed by atoms with Crippen LogP contribution in [0.4, 0.5) is 5.69 Å². The lowest BCUT2D eigenvalue weighted by Crippen LogP contribution is -2.13. The zero-order valence-electron chi connectivity index (χ0n) is 12.4. The van der Waals surface area contributed by atoms with Gasteiger partial charge in [0.1, 0.15) is 4.90 Å². The van der Waals surface area contributed by atoms with Gasteiger partial charge >= 0.3 is 0 Å². The maximum atomic E-state index is 12.4. The van der Waals surface area contributed by atoms with E-state index in [1.165, 1.54) is 18.2 Å². The van der Waals surface area contributed by atoms with Crippen LogP contribution >= 0.6 is 23.2 Å². The average molecular weight is 382 g/mol. The van der Waals surface area contributed by atoms with Gasteiger partial charge in [-0.05, 0) is 42.0 Å². The van der Waals surface area contributed by atoms with Gasteiger partial charge in [-0.2, -0.15) is 5.10 Å². The van der Waals surface area contributed by atoms with Crippen molar-refractivity contribution in [2.24, 2.45) is 0 Å². The van der Waals surface area contributed by atoms with E-state index in [2.05, 4.69) is 9.82 Å². The van der Waals surface area contributed by atoms with Gasteiger partial charge in [0, 0.05) is 23.1 Å². The van der Waals surface area contributed by atoms with Crippen molar-refractivity contribution in [1.82, 2.24) is 9.78 Å². The normalized spacial score (nSPS) is 11.4. The SMILES string of the molecule is O=S(=O)(Nc1ccc(Cn2cccn2)cc1)c1cc(Cl)ccc1Cl. The van der Waals surface area contributed by atoms with E-state index < -0.39 is 10.0 Å². The van der Waals surface area contributed by atoms with Crippen LogP contribution in [0.2, 0.25) is 10.0 Å². The molecule has 0 amide bonds. The number of aromatic nitrogens is 2. The predicted octanol–water partition coefficient (Wildman–Crippen LogP) is 4.04. The number of benzene rings is 2. The number of sulfonamides is 1. The first-order valence-corrected chi connectivity index (χ1v) is 9.22. The van der Waals surface area contributed by atoms with E-state index >= 15 is 0 Å². The molecule has 0 bridgehead atoms. The van der Waals surface area contributed by atoms with Crippen LogP contribution in [0.1, 0.15) is 5.56 Å². The van der Waals surface area contributed by atoms with Crippen molar-refractivity contribution >= 4 is 38.9 Å². The maximum absolute atomic E-state index is 12.4. The fourth-order valence-electron chi connectivity index (χ4n) is 2.15. The Morgan fingerprint density at radius 1 is 1.08 bits per heavy atom. The largest absolute Gasteiger partial charge is 0.280 e. The second-order valence-electron chi connectivity index (χ2n) is 5.08. The van der Waals surface area contributed by atoms with Crippen LogP contribution < -0.4 is 4.72 Å². The summed E-state index contributed by atoms with van der Waals surface area (Å²) in [4.78, 5) is -0.0581. The molecule has 2 aromatic carbocycles. The van der Waals surface area contributed by atoms with Crippen LogP contribution in [0.3, 0.4) is 0 Å². The fraction of sp³-hybridized carbons (Fsp3) is 0.0625. The molecule has 0 aliphatic rings. The smallest absolute Gasteiger partial charge is 0.263 e. The second kappa shape index (κ2) is 6.84. The Hall–Kier alpha value is -2.02.